The molecule has 0 bridgehead atoms. The van der Waals surface area contributed by atoms with E-state index in [1.165, 1.54) is 22.9 Å². The molecule has 1 heterocycles. The van der Waals surface area contributed by atoms with Gasteiger partial charge in [-0.2, -0.15) is 5.26 Å². The lowest BCUT2D eigenvalue weighted by atomic mass is 10.3. The second-order valence-corrected chi connectivity index (χ2v) is 6.42. The molecule has 0 aliphatic heterocycles. The van der Waals surface area contributed by atoms with Gasteiger partial charge in [0.05, 0.1) is 11.6 Å². The largest absolute Gasteiger partial charge is 0.506 e. The van der Waals surface area contributed by atoms with Gasteiger partial charge in [-0.3, -0.25) is 9.36 Å². The molecule has 0 fully saturated rings. The Balaban J connectivity index is 2.56. The predicted octanol–water partition coefficient (Wildman–Crippen LogP) is 1.38. The number of phenols is 1. The van der Waals surface area contributed by atoms with E-state index in [1.54, 1.807) is 19.9 Å². The van der Waals surface area contributed by atoms with Crippen molar-refractivity contribution in [1.29, 1.82) is 5.26 Å². The number of esters is 1. The lowest BCUT2D eigenvalue weighted by molar-refractivity contribution is -0.136. The van der Waals surface area contributed by atoms with Crippen LogP contribution in [0.1, 0.15) is 13.8 Å². The molecule has 1 aromatic carbocycles. The number of nitrogens with zero attached hydrogens (tertiary/aromatic N) is 2. The average Bonchev–Trinajstić information content (AvgIpc) is 2.92. The van der Waals surface area contributed by atoms with E-state index in [9.17, 15) is 20.0 Å². The lowest BCUT2D eigenvalue weighted by Crippen LogP contribution is -2.32. The number of halogens is 1. The Hall–Kier alpha value is -2.76. The predicted molar refractivity (Wildman–Crippen MR) is 100 cm³/mol. The number of aromatic hydroxyl groups is 1. The van der Waals surface area contributed by atoms with E-state index in [1.807, 2.05) is 6.07 Å². The fraction of sp³-hybridized carbons (Fsp3) is 0.235. The van der Waals surface area contributed by atoms with Gasteiger partial charge in [-0.25, -0.2) is 4.79 Å². The number of rotatable bonds is 5. The van der Waals surface area contributed by atoms with Crippen molar-refractivity contribution >= 4 is 46.4 Å². The highest BCUT2D eigenvalue weighted by Gasteiger charge is 2.16. The van der Waals surface area contributed by atoms with Gasteiger partial charge < -0.3 is 15.2 Å². The Morgan fingerprint density at radius 1 is 1.50 bits per heavy atom. The zero-order chi connectivity index (χ0) is 19.3. The van der Waals surface area contributed by atoms with Crippen molar-refractivity contribution in [2.24, 2.45) is 0 Å². The second kappa shape index (κ2) is 8.56. The molecule has 1 aromatic heterocycles. The molecular weight excluding hydrogens is 378 g/mol. The molecule has 0 saturated heterocycles. The summed E-state index contributed by atoms with van der Waals surface area (Å²) in [6.45, 7) is 3.82. The summed E-state index contributed by atoms with van der Waals surface area (Å²) in [7, 11) is 0. The Morgan fingerprint density at radius 2 is 2.23 bits per heavy atom. The smallest absolute Gasteiger partial charge is 0.351 e. The Morgan fingerprint density at radius 3 is 2.81 bits per heavy atom. The van der Waals surface area contributed by atoms with E-state index in [4.69, 9.17) is 16.3 Å². The zero-order valence-corrected chi connectivity index (χ0v) is 15.6. The first-order valence-electron chi connectivity index (χ1n) is 7.69. The van der Waals surface area contributed by atoms with Crippen LogP contribution in [0.2, 0.25) is 5.02 Å². The van der Waals surface area contributed by atoms with Crippen LogP contribution in [-0.4, -0.2) is 22.2 Å². The number of ether oxygens (including phenoxy) is 1. The second-order valence-electron chi connectivity index (χ2n) is 4.98. The number of hydrogen-bond acceptors (Lipinski definition) is 7. The molecule has 0 atom stereocenters. The van der Waals surface area contributed by atoms with Gasteiger partial charge in [0, 0.05) is 18.4 Å². The van der Waals surface area contributed by atoms with Crippen LogP contribution in [0.4, 0.5) is 5.69 Å². The monoisotopic (exact) mass is 393 g/mol. The first-order chi connectivity index (χ1) is 12.4. The van der Waals surface area contributed by atoms with E-state index in [-0.39, 0.29) is 33.2 Å². The maximum atomic E-state index is 12.5. The summed E-state index contributed by atoms with van der Waals surface area (Å²) in [6.07, 6.45) is 1.46. The van der Waals surface area contributed by atoms with Gasteiger partial charge in [-0.15, -0.1) is 11.3 Å². The molecule has 0 amide bonds. The molecule has 0 spiro atoms. The van der Waals surface area contributed by atoms with E-state index in [2.05, 4.69) is 5.32 Å². The number of thiazole rings is 1. The lowest BCUT2D eigenvalue weighted by Gasteiger charge is -2.01. The van der Waals surface area contributed by atoms with Crippen molar-refractivity contribution in [3.8, 4) is 11.8 Å². The van der Waals surface area contributed by atoms with Crippen molar-refractivity contribution in [1.82, 2.24) is 4.57 Å². The fourth-order valence-corrected chi connectivity index (χ4v) is 3.38. The van der Waals surface area contributed by atoms with E-state index < -0.39 is 5.97 Å². The van der Waals surface area contributed by atoms with Gasteiger partial charge in [0.1, 0.15) is 21.0 Å². The molecule has 0 unspecified atom stereocenters. The summed E-state index contributed by atoms with van der Waals surface area (Å²) < 4.78 is 6.78. The molecule has 2 aromatic rings. The topological polar surface area (TPSA) is 104 Å². The van der Waals surface area contributed by atoms with Crippen molar-refractivity contribution in [2.75, 3.05) is 11.9 Å². The number of carbonyl (C=O) groups is 1. The number of carbonyl (C=O) groups excluding carboxylic acids is 1. The number of phenolic OH excluding ortho intramolecular Hbond substituents is 1. The van der Waals surface area contributed by atoms with Gasteiger partial charge in [0.2, 0.25) is 0 Å². The number of aromatic nitrogens is 1. The third-order valence-electron chi connectivity index (χ3n) is 3.35. The summed E-state index contributed by atoms with van der Waals surface area (Å²) in [5.41, 5.74) is 0.0325. The summed E-state index contributed by atoms with van der Waals surface area (Å²) in [4.78, 5) is 24.5. The molecule has 136 valence electrons. The third-order valence-corrected chi connectivity index (χ3v) is 4.78. The minimum Gasteiger partial charge on any atom is -0.506 e. The molecular formula is C17H16ClN3O4S. The van der Waals surface area contributed by atoms with Gasteiger partial charge in [-0.05, 0) is 32.0 Å². The molecule has 2 rings (SSSR count). The summed E-state index contributed by atoms with van der Waals surface area (Å²) >= 11 is 6.86. The molecule has 0 aliphatic rings. The Labute approximate surface area is 158 Å². The standard InChI is InChI=1S/C17H16ClN3O4S/c1-3-21-15(23)14(9-20-10-5-6-13(22)12(18)7-10)26-16(21)11(8-19)17(24)25-4-2/h5-7,9,20,22H,3-4H2,1-2H3. The normalized spacial score (nSPS) is 12.5. The highest BCUT2D eigenvalue weighted by molar-refractivity contribution is 7.07. The Kier molecular flexibility index (Phi) is 6.44. The molecule has 26 heavy (non-hydrogen) atoms. The van der Waals surface area contributed by atoms with E-state index in [0.717, 1.165) is 11.3 Å². The quantitative estimate of drug-likeness (QED) is 0.587. The van der Waals surface area contributed by atoms with Crippen LogP contribution in [0.15, 0.2) is 23.0 Å². The SMILES string of the molecule is CCOC(=O)C(C#N)=c1sc(=CNc2ccc(O)c(Cl)c2)c(=O)n1CC. The van der Waals surface area contributed by atoms with Gasteiger partial charge in [0.15, 0.2) is 5.57 Å². The number of anilines is 1. The number of nitriles is 1. The van der Waals surface area contributed by atoms with Gasteiger partial charge in [0.25, 0.3) is 5.56 Å². The van der Waals surface area contributed by atoms with Crippen LogP contribution < -0.4 is 20.1 Å². The maximum absolute atomic E-state index is 12.5. The number of hydrogen-bond donors (Lipinski definition) is 2. The van der Waals surface area contributed by atoms with Crippen LogP contribution >= 0.6 is 22.9 Å². The highest BCUT2D eigenvalue weighted by atomic mass is 35.5. The Bertz CT molecular complexity index is 1050. The van der Waals surface area contributed by atoms with Gasteiger partial charge in [-0.1, -0.05) is 11.6 Å². The van der Waals surface area contributed by atoms with Crippen LogP contribution in [0.5, 0.6) is 5.75 Å². The van der Waals surface area contributed by atoms with Crippen molar-refractivity contribution in [3.05, 3.63) is 42.8 Å². The average molecular weight is 394 g/mol. The van der Waals surface area contributed by atoms with E-state index >= 15 is 0 Å². The molecule has 0 saturated carbocycles. The van der Waals surface area contributed by atoms with Crippen LogP contribution in [0, 0.1) is 11.3 Å². The minimum absolute atomic E-state index is 0.0494. The summed E-state index contributed by atoms with van der Waals surface area (Å²) in [5.74, 6) is -0.810. The first-order valence-corrected chi connectivity index (χ1v) is 8.88. The zero-order valence-electron chi connectivity index (χ0n) is 14.1. The molecule has 0 aliphatic carbocycles. The summed E-state index contributed by atoms with van der Waals surface area (Å²) in [6, 6.07) is 6.34. The van der Waals surface area contributed by atoms with E-state index in [0.29, 0.717) is 16.8 Å². The highest BCUT2D eigenvalue weighted by Crippen LogP contribution is 2.25. The molecule has 9 heteroatoms. The molecule has 2 N–H and O–H groups in total. The van der Waals surface area contributed by atoms with Crippen LogP contribution in [0.25, 0.3) is 11.8 Å². The number of nitrogens with one attached hydrogen (secondary N) is 1. The third kappa shape index (κ3) is 4.07. The van der Waals surface area contributed by atoms with Gasteiger partial charge >= 0.3 is 5.97 Å². The maximum Gasteiger partial charge on any atom is 0.351 e. The first kappa shape index (κ1) is 19.6. The van der Waals surface area contributed by atoms with Crippen LogP contribution in [0.3, 0.4) is 0 Å². The minimum atomic E-state index is -0.761. The van der Waals surface area contributed by atoms with Crippen molar-refractivity contribution in [2.45, 2.75) is 20.4 Å². The molecule has 0 radical (unpaired) electrons. The number of benzene rings is 1. The van der Waals surface area contributed by atoms with Crippen LogP contribution in [-0.2, 0) is 16.1 Å². The summed E-state index contributed by atoms with van der Waals surface area (Å²) in [5, 5.41) is 21.8. The fourth-order valence-electron chi connectivity index (χ4n) is 2.12. The molecule has 7 nitrogen and oxygen atoms in total. The van der Waals surface area contributed by atoms with Crippen molar-refractivity contribution < 1.29 is 14.6 Å². The van der Waals surface area contributed by atoms with Crippen molar-refractivity contribution in [3.63, 3.8) is 0 Å².